The van der Waals surface area contributed by atoms with Crippen LogP contribution in [0.5, 0.6) is 0 Å². The average molecular weight is 200 g/mol. The van der Waals surface area contributed by atoms with Crippen molar-refractivity contribution in [3.05, 3.63) is 0 Å². The van der Waals surface area contributed by atoms with Crippen LogP contribution in [-0.4, -0.2) is 18.5 Å². The monoisotopic (exact) mass is 200 g/mol. The van der Waals surface area contributed by atoms with E-state index in [1.54, 1.807) is 6.92 Å². The molecule has 2 nitrogen and oxygen atoms in total. The molecule has 1 unspecified atom stereocenters. The van der Waals surface area contributed by atoms with Crippen LogP contribution >= 0.6 is 0 Å². The van der Waals surface area contributed by atoms with E-state index in [0.29, 0.717) is 6.42 Å². The van der Waals surface area contributed by atoms with E-state index in [2.05, 4.69) is 13.8 Å². The molecule has 84 valence electrons. The Morgan fingerprint density at radius 2 is 1.93 bits per heavy atom. The Kier molecular flexibility index (Phi) is 8.95. The minimum absolute atomic E-state index is 0.166. The summed E-state index contributed by atoms with van der Waals surface area (Å²) >= 11 is 0. The summed E-state index contributed by atoms with van der Waals surface area (Å²) in [4.78, 5) is 11.0. The molecule has 1 atom stereocenters. The van der Waals surface area contributed by atoms with Gasteiger partial charge < -0.3 is 4.74 Å². The highest BCUT2D eigenvalue weighted by Gasteiger charge is 2.10. The highest BCUT2D eigenvalue weighted by Crippen LogP contribution is 2.11. The fraction of sp³-hybridized carbons (Fsp3) is 0.917. The topological polar surface area (TPSA) is 26.3 Å². The van der Waals surface area contributed by atoms with E-state index < -0.39 is 0 Å². The number of ketones is 1. The molecule has 2 heteroatoms. The van der Waals surface area contributed by atoms with E-state index in [-0.39, 0.29) is 11.9 Å². The maximum atomic E-state index is 11.0. The quantitative estimate of drug-likeness (QED) is 0.534. The van der Waals surface area contributed by atoms with Crippen LogP contribution in [0.2, 0.25) is 0 Å². The van der Waals surface area contributed by atoms with E-state index in [1.165, 1.54) is 19.3 Å². The van der Waals surface area contributed by atoms with Gasteiger partial charge in [0.05, 0.1) is 6.10 Å². The number of Topliss-reactive ketones (excluding diaryl/α,β-unsaturated/α-hetero) is 1. The Morgan fingerprint density at radius 1 is 1.21 bits per heavy atom. The number of carbonyl (C=O) groups excluding carboxylic acids is 1. The van der Waals surface area contributed by atoms with Crippen molar-refractivity contribution in [3.8, 4) is 0 Å². The predicted molar refractivity (Wildman–Crippen MR) is 59.5 cm³/mol. The van der Waals surface area contributed by atoms with Crippen molar-refractivity contribution in [2.45, 2.75) is 65.4 Å². The molecule has 0 radical (unpaired) electrons. The Hall–Kier alpha value is -0.370. The fourth-order valence-electron chi connectivity index (χ4n) is 1.47. The molecule has 0 amide bonds. The minimum Gasteiger partial charge on any atom is -0.378 e. The van der Waals surface area contributed by atoms with Crippen molar-refractivity contribution in [2.75, 3.05) is 6.61 Å². The Bertz CT molecular complexity index is 143. The summed E-state index contributed by atoms with van der Waals surface area (Å²) < 4.78 is 5.63. The molecule has 0 aromatic carbocycles. The molecule has 0 heterocycles. The zero-order valence-corrected chi connectivity index (χ0v) is 9.84. The van der Waals surface area contributed by atoms with Gasteiger partial charge in [0.2, 0.25) is 0 Å². The lowest BCUT2D eigenvalue weighted by Crippen LogP contribution is -2.17. The number of carbonyl (C=O) groups is 1. The highest BCUT2D eigenvalue weighted by molar-refractivity contribution is 5.75. The third-order valence-corrected chi connectivity index (χ3v) is 2.20. The first-order valence-electron chi connectivity index (χ1n) is 5.81. The van der Waals surface area contributed by atoms with Crippen molar-refractivity contribution in [3.63, 3.8) is 0 Å². The van der Waals surface area contributed by atoms with E-state index in [4.69, 9.17) is 4.74 Å². The van der Waals surface area contributed by atoms with E-state index in [0.717, 1.165) is 19.4 Å². The number of rotatable bonds is 9. The summed E-state index contributed by atoms with van der Waals surface area (Å²) in [5.41, 5.74) is 0. The lowest BCUT2D eigenvalue weighted by atomic mass is 10.1. The Morgan fingerprint density at radius 3 is 2.43 bits per heavy atom. The molecule has 14 heavy (non-hydrogen) atoms. The van der Waals surface area contributed by atoms with Crippen LogP contribution in [0.25, 0.3) is 0 Å². The summed E-state index contributed by atoms with van der Waals surface area (Å²) in [6.45, 7) is 6.70. The van der Waals surface area contributed by atoms with Gasteiger partial charge in [0.1, 0.15) is 5.78 Å². The Labute approximate surface area is 88.0 Å². The Balaban J connectivity index is 3.66. The van der Waals surface area contributed by atoms with Gasteiger partial charge in [0.15, 0.2) is 0 Å². The second-order valence-corrected chi connectivity index (χ2v) is 3.89. The van der Waals surface area contributed by atoms with E-state index in [9.17, 15) is 4.79 Å². The van der Waals surface area contributed by atoms with E-state index >= 15 is 0 Å². The maximum absolute atomic E-state index is 11.0. The molecule has 0 spiro atoms. The SMILES string of the molecule is CCCCCC(CC(C)=O)OCCC. The van der Waals surface area contributed by atoms with Crippen LogP contribution in [0.1, 0.15) is 59.3 Å². The third-order valence-electron chi connectivity index (χ3n) is 2.20. The largest absolute Gasteiger partial charge is 0.378 e. The van der Waals surface area contributed by atoms with Crippen LogP contribution < -0.4 is 0 Å². The third kappa shape index (κ3) is 8.24. The zero-order valence-electron chi connectivity index (χ0n) is 9.84. The van der Waals surface area contributed by atoms with Gasteiger partial charge in [0, 0.05) is 13.0 Å². The van der Waals surface area contributed by atoms with Crippen LogP contribution in [-0.2, 0) is 9.53 Å². The molecule has 0 rings (SSSR count). The van der Waals surface area contributed by atoms with Crippen molar-refractivity contribution in [2.24, 2.45) is 0 Å². The summed E-state index contributed by atoms with van der Waals surface area (Å²) in [5, 5.41) is 0. The molecule has 0 aliphatic heterocycles. The van der Waals surface area contributed by atoms with Gasteiger partial charge in [-0.15, -0.1) is 0 Å². The van der Waals surface area contributed by atoms with Gasteiger partial charge in [-0.1, -0.05) is 33.1 Å². The predicted octanol–water partition coefficient (Wildman–Crippen LogP) is 3.34. The maximum Gasteiger partial charge on any atom is 0.132 e. The normalized spacial score (nSPS) is 12.8. The summed E-state index contributed by atoms with van der Waals surface area (Å²) in [7, 11) is 0. The van der Waals surface area contributed by atoms with Crippen LogP contribution in [0.3, 0.4) is 0 Å². The zero-order chi connectivity index (χ0) is 10.8. The second-order valence-electron chi connectivity index (χ2n) is 3.89. The number of hydrogen-bond donors (Lipinski definition) is 0. The molecule has 0 saturated heterocycles. The van der Waals surface area contributed by atoms with Crippen molar-refractivity contribution < 1.29 is 9.53 Å². The summed E-state index contributed by atoms with van der Waals surface area (Å²) in [6.07, 6.45) is 6.46. The van der Waals surface area contributed by atoms with Crippen molar-refractivity contribution in [1.82, 2.24) is 0 Å². The second kappa shape index (κ2) is 9.20. The van der Waals surface area contributed by atoms with Gasteiger partial charge in [-0.25, -0.2) is 0 Å². The van der Waals surface area contributed by atoms with Crippen LogP contribution in [0.15, 0.2) is 0 Å². The first-order chi connectivity index (χ1) is 6.70. The molecule has 0 aliphatic rings. The molecular weight excluding hydrogens is 176 g/mol. The molecule has 0 aliphatic carbocycles. The molecule has 0 aromatic heterocycles. The standard InChI is InChI=1S/C12H24O2/c1-4-6-7-8-12(10-11(3)13)14-9-5-2/h12H,4-10H2,1-3H3. The molecule has 0 bridgehead atoms. The molecule has 0 fully saturated rings. The van der Waals surface area contributed by atoms with Crippen LogP contribution in [0.4, 0.5) is 0 Å². The molecule has 0 aromatic rings. The first-order valence-corrected chi connectivity index (χ1v) is 5.81. The van der Waals surface area contributed by atoms with Gasteiger partial charge in [-0.05, 0) is 19.8 Å². The van der Waals surface area contributed by atoms with Gasteiger partial charge in [0.25, 0.3) is 0 Å². The van der Waals surface area contributed by atoms with Crippen molar-refractivity contribution in [1.29, 1.82) is 0 Å². The molecule has 0 N–H and O–H groups in total. The van der Waals surface area contributed by atoms with Crippen molar-refractivity contribution >= 4 is 5.78 Å². The van der Waals surface area contributed by atoms with Gasteiger partial charge >= 0.3 is 0 Å². The minimum atomic E-state index is 0.166. The molecular formula is C12H24O2. The summed E-state index contributed by atoms with van der Waals surface area (Å²) in [6, 6.07) is 0. The lowest BCUT2D eigenvalue weighted by molar-refractivity contribution is -0.120. The average Bonchev–Trinajstić information content (AvgIpc) is 2.13. The smallest absolute Gasteiger partial charge is 0.132 e. The van der Waals surface area contributed by atoms with Crippen LogP contribution in [0, 0.1) is 0 Å². The lowest BCUT2D eigenvalue weighted by Gasteiger charge is -2.15. The summed E-state index contributed by atoms with van der Waals surface area (Å²) in [5.74, 6) is 0.239. The first kappa shape index (κ1) is 13.6. The molecule has 0 saturated carbocycles. The van der Waals surface area contributed by atoms with Gasteiger partial charge in [-0.2, -0.15) is 0 Å². The fourth-order valence-corrected chi connectivity index (χ4v) is 1.47. The number of hydrogen-bond acceptors (Lipinski definition) is 2. The number of ether oxygens (including phenoxy) is 1. The van der Waals surface area contributed by atoms with Gasteiger partial charge in [-0.3, -0.25) is 4.79 Å². The highest BCUT2D eigenvalue weighted by atomic mass is 16.5. The number of unbranched alkanes of at least 4 members (excludes halogenated alkanes) is 2. The van der Waals surface area contributed by atoms with E-state index in [1.807, 2.05) is 0 Å².